The number of rotatable bonds is 8. The Balaban J connectivity index is 1.79. The molecule has 2 aromatic heterocycles. The Bertz CT molecular complexity index is 2100. The Morgan fingerprint density at radius 2 is 1.91 bits per heavy atom. The first-order valence-corrected chi connectivity index (χ1v) is 16.6. The van der Waals surface area contributed by atoms with Crippen LogP contribution in [0.2, 0.25) is 0 Å². The van der Waals surface area contributed by atoms with Gasteiger partial charge in [-0.3, -0.25) is 4.68 Å². The molecule has 1 fully saturated rings. The SMILES string of the molecule is CCc1c(F)ccc2cc(OCOC)cc(-c3c(F)c4nc(S(=O)(=O)CC)nc(N5CCOCC(C)(O)C5)c4c4cn(C)nc34)c12. The number of β-amino-alcohol motifs (C(OH)–C–C–N with tert-alkyl or cyclic N) is 1. The maximum atomic E-state index is 17.4. The van der Waals surface area contributed by atoms with Gasteiger partial charge >= 0.3 is 0 Å². The van der Waals surface area contributed by atoms with E-state index in [1.54, 1.807) is 43.3 Å². The third-order valence-electron chi connectivity index (χ3n) is 8.15. The van der Waals surface area contributed by atoms with E-state index in [2.05, 4.69) is 15.1 Å². The topological polar surface area (TPSA) is 129 Å². The van der Waals surface area contributed by atoms with Gasteiger partial charge in [0.2, 0.25) is 15.0 Å². The summed E-state index contributed by atoms with van der Waals surface area (Å²) in [7, 11) is -0.856. The Labute approximate surface area is 264 Å². The molecule has 1 unspecified atom stereocenters. The fourth-order valence-electron chi connectivity index (χ4n) is 6.08. The number of aliphatic hydroxyl groups is 1. The van der Waals surface area contributed by atoms with Crippen LogP contribution in [0.25, 0.3) is 43.7 Å². The summed E-state index contributed by atoms with van der Waals surface area (Å²) in [5.41, 5.74) is -0.632. The van der Waals surface area contributed by atoms with Gasteiger partial charge in [0.05, 0.1) is 30.9 Å². The Morgan fingerprint density at radius 3 is 2.63 bits per heavy atom. The van der Waals surface area contributed by atoms with Crippen molar-refractivity contribution in [2.75, 3.05) is 50.9 Å². The van der Waals surface area contributed by atoms with Gasteiger partial charge in [-0.2, -0.15) is 5.10 Å². The van der Waals surface area contributed by atoms with E-state index in [9.17, 15) is 13.5 Å². The number of nitrogens with zero attached hydrogens (tertiary/aromatic N) is 5. The summed E-state index contributed by atoms with van der Waals surface area (Å²) in [6.45, 7) is 5.36. The van der Waals surface area contributed by atoms with Gasteiger partial charge < -0.3 is 24.2 Å². The molecule has 1 aliphatic heterocycles. The number of ether oxygens (including phenoxy) is 3. The summed E-state index contributed by atoms with van der Waals surface area (Å²) in [6, 6.07) is 6.29. The summed E-state index contributed by atoms with van der Waals surface area (Å²) in [5.74, 6) is -1.13. The van der Waals surface area contributed by atoms with E-state index in [0.29, 0.717) is 39.5 Å². The van der Waals surface area contributed by atoms with E-state index >= 15 is 8.78 Å². The molecule has 14 heteroatoms. The molecule has 3 heterocycles. The van der Waals surface area contributed by atoms with Crippen molar-refractivity contribution in [2.24, 2.45) is 7.05 Å². The van der Waals surface area contributed by atoms with Crippen molar-refractivity contribution in [3.63, 3.8) is 0 Å². The highest BCUT2D eigenvalue weighted by atomic mass is 32.2. The number of hydrogen-bond donors (Lipinski definition) is 1. The molecule has 0 bridgehead atoms. The molecule has 244 valence electrons. The van der Waals surface area contributed by atoms with Crippen LogP contribution < -0.4 is 9.64 Å². The van der Waals surface area contributed by atoms with Gasteiger partial charge in [-0.15, -0.1) is 0 Å². The van der Waals surface area contributed by atoms with Crippen LogP contribution in [0.5, 0.6) is 5.75 Å². The van der Waals surface area contributed by atoms with Crippen LogP contribution in [0.3, 0.4) is 0 Å². The second-order valence-corrected chi connectivity index (χ2v) is 13.9. The zero-order valence-corrected chi connectivity index (χ0v) is 27.0. The molecule has 1 aliphatic rings. The fraction of sp³-hybridized carbons (Fsp3) is 0.406. The van der Waals surface area contributed by atoms with E-state index in [0.717, 1.165) is 0 Å². The Morgan fingerprint density at radius 1 is 1.13 bits per heavy atom. The number of aromatic nitrogens is 4. The molecule has 1 N–H and O–H groups in total. The predicted octanol–water partition coefficient (Wildman–Crippen LogP) is 4.54. The minimum absolute atomic E-state index is 0.00644. The third kappa shape index (κ3) is 5.52. The van der Waals surface area contributed by atoms with Crippen LogP contribution >= 0.6 is 0 Å². The number of fused-ring (bicyclic) bond motifs is 4. The normalized spacial score (nSPS) is 17.7. The van der Waals surface area contributed by atoms with E-state index in [1.165, 1.54) is 24.8 Å². The highest BCUT2D eigenvalue weighted by Gasteiger charge is 2.33. The third-order valence-corrected chi connectivity index (χ3v) is 9.65. The molecule has 0 amide bonds. The lowest BCUT2D eigenvalue weighted by Crippen LogP contribution is -2.42. The number of methoxy groups -OCH3 is 1. The summed E-state index contributed by atoms with van der Waals surface area (Å²) >= 11 is 0. The second-order valence-electron chi connectivity index (χ2n) is 11.7. The van der Waals surface area contributed by atoms with Crippen LogP contribution in [-0.2, 0) is 32.8 Å². The van der Waals surface area contributed by atoms with E-state index in [-0.39, 0.29) is 66.7 Å². The Hall–Kier alpha value is -3.98. The standard InChI is InChI=1S/C32H35F2N5O6S/c1-6-20-23(33)9-8-18-12-19(45-17-43-5)13-21(24(18)20)25-27(34)29-26(22-14-38(4)37-28(22)25)30(36-31(35-29)46(41,42)7-2)39-10-11-44-16-32(3,40)15-39/h8-9,12-14,40H,6-7,10-11,15-17H2,1-5H3. The van der Waals surface area contributed by atoms with Crippen molar-refractivity contribution in [3.05, 3.63) is 47.7 Å². The smallest absolute Gasteiger partial charge is 0.249 e. The zero-order chi connectivity index (χ0) is 33.0. The van der Waals surface area contributed by atoms with Gasteiger partial charge in [0.1, 0.15) is 34.0 Å². The summed E-state index contributed by atoms with van der Waals surface area (Å²) in [4.78, 5) is 10.5. The summed E-state index contributed by atoms with van der Waals surface area (Å²) in [6.07, 6.45) is 2.00. The number of anilines is 1. The molecule has 0 spiro atoms. The molecule has 0 radical (unpaired) electrons. The van der Waals surface area contributed by atoms with E-state index < -0.39 is 32.2 Å². The number of aryl methyl sites for hydroxylation is 2. The molecule has 0 aliphatic carbocycles. The molecular weight excluding hydrogens is 620 g/mol. The zero-order valence-electron chi connectivity index (χ0n) is 26.2. The largest absolute Gasteiger partial charge is 0.468 e. The lowest BCUT2D eigenvalue weighted by molar-refractivity contribution is -0.0123. The van der Waals surface area contributed by atoms with Crippen molar-refractivity contribution in [1.29, 1.82) is 0 Å². The quantitative estimate of drug-likeness (QED) is 0.188. The number of benzene rings is 3. The fourth-order valence-corrected chi connectivity index (χ4v) is 6.80. The van der Waals surface area contributed by atoms with Crippen LogP contribution in [0.15, 0.2) is 35.6 Å². The summed E-state index contributed by atoms with van der Waals surface area (Å²) < 4.78 is 77.1. The van der Waals surface area contributed by atoms with E-state index in [1.807, 2.05) is 6.92 Å². The Kier molecular flexibility index (Phi) is 8.34. The lowest BCUT2D eigenvalue weighted by Gasteiger charge is -2.29. The van der Waals surface area contributed by atoms with Gasteiger partial charge in [0.15, 0.2) is 12.6 Å². The average Bonchev–Trinajstić information content (AvgIpc) is 3.31. The molecule has 6 rings (SSSR count). The average molecular weight is 656 g/mol. The minimum atomic E-state index is -4.01. The number of hydrogen-bond acceptors (Lipinski definition) is 10. The lowest BCUT2D eigenvalue weighted by atomic mass is 9.90. The molecule has 11 nitrogen and oxygen atoms in total. The first kappa shape index (κ1) is 32.0. The van der Waals surface area contributed by atoms with E-state index in [4.69, 9.17) is 14.2 Å². The van der Waals surface area contributed by atoms with Crippen molar-refractivity contribution < 1.29 is 36.5 Å². The predicted molar refractivity (Wildman–Crippen MR) is 170 cm³/mol. The number of halogens is 2. The van der Waals surface area contributed by atoms with Gasteiger partial charge in [-0.25, -0.2) is 27.2 Å². The molecular formula is C32H35F2N5O6S. The van der Waals surface area contributed by atoms with Crippen molar-refractivity contribution >= 4 is 48.2 Å². The van der Waals surface area contributed by atoms with Gasteiger partial charge in [0.25, 0.3) is 0 Å². The van der Waals surface area contributed by atoms with Crippen LogP contribution in [-0.4, -0.2) is 84.8 Å². The molecule has 46 heavy (non-hydrogen) atoms. The van der Waals surface area contributed by atoms with Gasteiger partial charge in [-0.05, 0) is 53.4 Å². The molecule has 3 aromatic carbocycles. The highest BCUT2D eigenvalue weighted by molar-refractivity contribution is 7.91. The van der Waals surface area contributed by atoms with Crippen LogP contribution in [0, 0.1) is 11.6 Å². The summed E-state index contributed by atoms with van der Waals surface area (Å²) in [5, 5.41) is 16.8. The first-order valence-electron chi connectivity index (χ1n) is 14.9. The first-order chi connectivity index (χ1) is 21.9. The minimum Gasteiger partial charge on any atom is -0.468 e. The molecule has 1 atom stereocenters. The molecule has 5 aromatic rings. The highest BCUT2D eigenvalue weighted by Crippen LogP contribution is 2.45. The van der Waals surface area contributed by atoms with Crippen molar-refractivity contribution in [2.45, 2.75) is 37.9 Å². The maximum absolute atomic E-state index is 17.4. The molecule has 1 saturated heterocycles. The monoisotopic (exact) mass is 655 g/mol. The van der Waals surface area contributed by atoms with Crippen molar-refractivity contribution in [3.8, 4) is 16.9 Å². The maximum Gasteiger partial charge on any atom is 0.249 e. The second kappa shape index (κ2) is 12.0. The van der Waals surface area contributed by atoms with Gasteiger partial charge in [-0.1, -0.05) is 19.9 Å². The molecule has 0 saturated carbocycles. The number of sulfone groups is 1. The van der Waals surface area contributed by atoms with Crippen molar-refractivity contribution in [1.82, 2.24) is 19.7 Å². The van der Waals surface area contributed by atoms with Crippen LogP contribution in [0.1, 0.15) is 26.3 Å². The van der Waals surface area contributed by atoms with Crippen LogP contribution in [0.4, 0.5) is 14.6 Å². The van der Waals surface area contributed by atoms with Gasteiger partial charge in [0, 0.05) is 37.8 Å².